The minimum Gasteiger partial charge on any atom is -0.399 e. The van der Waals surface area contributed by atoms with Gasteiger partial charge < -0.3 is 15.8 Å². The van der Waals surface area contributed by atoms with Crippen molar-refractivity contribution in [2.75, 3.05) is 17.7 Å². The van der Waals surface area contributed by atoms with Crippen LogP contribution in [-0.4, -0.2) is 12.8 Å². The SMILES string of the molecule is CCOC(C)Nc1ccc(N)cc1. The highest BCUT2D eigenvalue weighted by Crippen LogP contribution is 2.11. The number of rotatable bonds is 4. The second-order valence-electron chi connectivity index (χ2n) is 2.86. The Hall–Kier alpha value is -1.22. The second-order valence-corrected chi connectivity index (χ2v) is 2.86. The number of ether oxygens (including phenoxy) is 1. The minimum absolute atomic E-state index is 0.0358. The molecule has 13 heavy (non-hydrogen) atoms. The van der Waals surface area contributed by atoms with Crippen molar-refractivity contribution >= 4 is 11.4 Å². The maximum absolute atomic E-state index is 5.56. The second kappa shape index (κ2) is 4.72. The van der Waals surface area contributed by atoms with Gasteiger partial charge in [0, 0.05) is 18.0 Å². The molecule has 3 nitrogen and oxygen atoms in total. The molecule has 1 unspecified atom stereocenters. The number of benzene rings is 1. The molecule has 0 aliphatic carbocycles. The van der Waals surface area contributed by atoms with Crippen molar-refractivity contribution in [1.29, 1.82) is 0 Å². The van der Waals surface area contributed by atoms with Crippen LogP contribution in [0.4, 0.5) is 11.4 Å². The van der Waals surface area contributed by atoms with Gasteiger partial charge in [0.05, 0.1) is 0 Å². The normalized spacial score (nSPS) is 12.5. The largest absolute Gasteiger partial charge is 0.399 e. The van der Waals surface area contributed by atoms with E-state index in [0.717, 1.165) is 11.4 Å². The van der Waals surface area contributed by atoms with Crippen molar-refractivity contribution in [3.63, 3.8) is 0 Å². The lowest BCUT2D eigenvalue weighted by molar-refractivity contribution is 0.0961. The Morgan fingerprint density at radius 2 is 2.00 bits per heavy atom. The molecule has 1 aromatic carbocycles. The van der Waals surface area contributed by atoms with E-state index in [0.29, 0.717) is 6.61 Å². The predicted octanol–water partition coefficient (Wildman–Crippen LogP) is 2.06. The smallest absolute Gasteiger partial charge is 0.124 e. The highest BCUT2D eigenvalue weighted by Gasteiger charge is 1.98. The van der Waals surface area contributed by atoms with Gasteiger partial charge in [-0.05, 0) is 38.1 Å². The molecule has 1 aromatic rings. The summed E-state index contributed by atoms with van der Waals surface area (Å²) in [6.45, 7) is 4.66. The van der Waals surface area contributed by atoms with Crippen LogP contribution in [0.5, 0.6) is 0 Å². The lowest BCUT2D eigenvalue weighted by Gasteiger charge is -2.14. The van der Waals surface area contributed by atoms with Gasteiger partial charge in [-0.2, -0.15) is 0 Å². The molecule has 0 saturated carbocycles. The van der Waals surface area contributed by atoms with Crippen molar-refractivity contribution in [2.45, 2.75) is 20.1 Å². The highest BCUT2D eigenvalue weighted by molar-refractivity contribution is 5.51. The van der Waals surface area contributed by atoms with Crippen LogP contribution in [0.3, 0.4) is 0 Å². The molecule has 0 aliphatic heterocycles. The molecule has 0 amide bonds. The van der Waals surface area contributed by atoms with Gasteiger partial charge in [-0.3, -0.25) is 0 Å². The van der Waals surface area contributed by atoms with Crippen LogP contribution in [0.25, 0.3) is 0 Å². The average Bonchev–Trinajstić information content (AvgIpc) is 2.09. The molecule has 3 N–H and O–H groups in total. The van der Waals surface area contributed by atoms with E-state index in [-0.39, 0.29) is 6.23 Å². The summed E-state index contributed by atoms with van der Waals surface area (Å²) >= 11 is 0. The van der Waals surface area contributed by atoms with E-state index in [1.165, 1.54) is 0 Å². The Kier molecular flexibility index (Phi) is 3.58. The molecular formula is C10H16N2O. The maximum atomic E-state index is 5.56. The fourth-order valence-corrected chi connectivity index (χ4v) is 1.11. The van der Waals surface area contributed by atoms with E-state index >= 15 is 0 Å². The third-order valence-corrected chi connectivity index (χ3v) is 1.70. The molecular weight excluding hydrogens is 164 g/mol. The summed E-state index contributed by atoms with van der Waals surface area (Å²) in [6, 6.07) is 7.59. The van der Waals surface area contributed by atoms with Gasteiger partial charge in [0.1, 0.15) is 6.23 Å². The molecule has 0 saturated heterocycles. The van der Waals surface area contributed by atoms with Crippen LogP contribution >= 0.6 is 0 Å². The Labute approximate surface area is 78.9 Å². The summed E-state index contributed by atoms with van der Waals surface area (Å²) in [4.78, 5) is 0. The summed E-state index contributed by atoms with van der Waals surface area (Å²) in [7, 11) is 0. The molecule has 1 rings (SSSR count). The molecule has 0 aliphatic rings. The van der Waals surface area contributed by atoms with Crippen LogP contribution in [0.2, 0.25) is 0 Å². The highest BCUT2D eigenvalue weighted by atomic mass is 16.5. The lowest BCUT2D eigenvalue weighted by atomic mass is 10.3. The first-order valence-corrected chi connectivity index (χ1v) is 4.46. The standard InChI is InChI=1S/C10H16N2O/c1-3-13-8(2)12-10-6-4-9(11)5-7-10/h4-8,12H,3,11H2,1-2H3. The van der Waals surface area contributed by atoms with Gasteiger partial charge in [0.15, 0.2) is 0 Å². The quantitative estimate of drug-likeness (QED) is 0.550. The summed E-state index contributed by atoms with van der Waals surface area (Å²) in [5.74, 6) is 0. The van der Waals surface area contributed by atoms with Gasteiger partial charge in [0.2, 0.25) is 0 Å². The van der Waals surface area contributed by atoms with Gasteiger partial charge in [-0.1, -0.05) is 0 Å². The zero-order chi connectivity index (χ0) is 9.68. The van der Waals surface area contributed by atoms with Crippen LogP contribution in [-0.2, 0) is 4.74 Å². The van der Waals surface area contributed by atoms with Crippen molar-refractivity contribution in [2.24, 2.45) is 0 Å². The molecule has 72 valence electrons. The zero-order valence-corrected chi connectivity index (χ0v) is 8.08. The van der Waals surface area contributed by atoms with E-state index in [4.69, 9.17) is 10.5 Å². The fourth-order valence-electron chi connectivity index (χ4n) is 1.11. The number of anilines is 2. The van der Waals surface area contributed by atoms with Crippen LogP contribution < -0.4 is 11.1 Å². The maximum Gasteiger partial charge on any atom is 0.124 e. The topological polar surface area (TPSA) is 47.3 Å². The van der Waals surface area contributed by atoms with Crippen molar-refractivity contribution in [3.8, 4) is 0 Å². The fraction of sp³-hybridized carbons (Fsp3) is 0.400. The minimum atomic E-state index is 0.0358. The molecule has 1 atom stereocenters. The monoisotopic (exact) mass is 180 g/mol. The van der Waals surface area contributed by atoms with Gasteiger partial charge in [-0.25, -0.2) is 0 Å². The van der Waals surface area contributed by atoms with Crippen molar-refractivity contribution < 1.29 is 4.74 Å². The number of nitrogen functional groups attached to an aromatic ring is 1. The molecule has 0 aromatic heterocycles. The number of nitrogens with one attached hydrogen (secondary N) is 1. The number of nitrogens with two attached hydrogens (primary N) is 1. The molecule has 0 heterocycles. The van der Waals surface area contributed by atoms with Crippen molar-refractivity contribution in [3.05, 3.63) is 24.3 Å². The lowest BCUT2D eigenvalue weighted by Crippen LogP contribution is -2.18. The van der Waals surface area contributed by atoms with E-state index in [1.807, 2.05) is 38.1 Å². The van der Waals surface area contributed by atoms with E-state index in [9.17, 15) is 0 Å². The number of hydrogen-bond acceptors (Lipinski definition) is 3. The predicted molar refractivity (Wildman–Crippen MR) is 55.6 cm³/mol. The zero-order valence-electron chi connectivity index (χ0n) is 8.08. The Morgan fingerprint density at radius 1 is 1.38 bits per heavy atom. The van der Waals surface area contributed by atoms with Gasteiger partial charge in [-0.15, -0.1) is 0 Å². The first-order chi connectivity index (χ1) is 6.22. The summed E-state index contributed by atoms with van der Waals surface area (Å²) < 4.78 is 5.33. The summed E-state index contributed by atoms with van der Waals surface area (Å²) in [6.07, 6.45) is 0.0358. The average molecular weight is 180 g/mol. The summed E-state index contributed by atoms with van der Waals surface area (Å²) in [5, 5.41) is 3.19. The summed E-state index contributed by atoms with van der Waals surface area (Å²) in [5.41, 5.74) is 7.35. The first kappa shape index (κ1) is 9.86. The molecule has 0 spiro atoms. The third kappa shape index (κ3) is 3.34. The Bertz CT molecular complexity index is 246. The van der Waals surface area contributed by atoms with Gasteiger partial charge >= 0.3 is 0 Å². The first-order valence-electron chi connectivity index (χ1n) is 4.46. The van der Waals surface area contributed by atoms with Crippen molar-refractivity contribution in [1.82, 2.24) is 0 Å². The van der Waals surface area contributed by atoms with Crippen LogP contribution in [0.1, 0.15) is 13.8 Å². The van der Waals surface area contributed by atoms with Gasteiger partial charge in [0.25, 0.3) is 0 Å². The molecule has 0 fully saturated rings. The van der Waals surface area contributed by atoms with E-state index in [2.05, 4.69) is 5.32 Å². The molecule has 3 heteroatoms. The van der Waals surface area contributed by atoms with Crippen LogP contribution in [0.15, 0.2) is 24.3 Å². The molecule has 0 radical (unpaired) electrons. The van der Waals surface area contributed by atoms with E-state index in [1.54, 1.807) is 0 Å². The Morgan fingerprint density at radius 3 is 2.54 bits per heavy atom. The number of hydrogen-bond donors (Lipinski definition) is 2. The third-order valence-electron chi connectivity index (χ3n) is 1.70. The van der Waals surface area contributed by atoms with Crippen LogP contribution in [0, 0.1) is 0 Å². The molecule has 0 bridgehead atoms. The Balaban J connectivity index is 2.49. The van der Waals surface area contributed by atoms with E-state index < -0.39 is 0 Å².